The summed E-state index contributed by atoms with van der Waals surface area (Å²) in [7, 11) is 0. The Morgan fingerprint density at radius 2 is 2.05 bits per heavy atom. The van der Waals surface area contributed by atoms with Crippen LogP contribution in [0.25, 0.3) is 0 Å². The highest BCUT2D eigenvalue weighted by Crippen LogP contribution is 2.22. The summed E-state index contributed by atoms with van der Waals surface area (Å²) in [4.78, 5) is 23.8. The van der Waals surface area contributed by atoms with Crippen molar-refractivity contribution in [2.45, 2.75) is 38.7 Å². The number of fused-ring (bicyclic) bond motifs is 1. The van der Waals surface area contributed by atoms with E-state index in [0.717, 1.165) is 19.3 Å². The normalized spacial score (nSPS) is 14.7. The van der Waals surface area contributed by atoms with E-state index in [0.29, 0.717) is 12.1 Å². The Bertz CT molecular complexity index is 551. The molecule has 0 fully saturated rings. The minimum atomic E-state index is -0.812. The van der Waals surface area contributed by atoms with Gasteiger partial charge in [0.2, 0.25) is 0 Å². The first-order chi connectivity index (χ1) is 10.1. The molecule has 112 valence electrons. The third-order valence-electron chi connectivity index (χ3n) is 3.66. The van der Waals surface area contributed by atoms with Crippen molar-refractivity contribution in [1.29, 1.82) is 0 Å². The number of nitrogens with one attached hydrogen (secondary N) is 1. The van der Waals surface area contributed by atoms with Gasteiger partial charge < -0.3 is 10.1 Å². The Hall–Kier alpha value is -2.10. The van der Waals surface area contributed by atoms with Crippen LogP contribution in [0.4, 0.5) is 0 Å². The lowest BCUT2D eigenvalue weighted by atomic mass is 9.90. The third kappa shape index (κ3) is 3.94. The first-order valence-corrected chi connectivity index (χ1v) is 7.33. The number of benzene rings is 1. The van der Waals surface area contributed by atoms with Crippen molar-refractivity contribution < 1.29 is 14.3 Å². The number of rotatable bonds is 5. The van der Waals surface area contributed by atoms with E-state index < -0.39 is 12.1 Å². The fraction of sp³-hybridized carbons (Fsp3) is 0.412. The van der Waals surface area contributed by atoms with Crippen molar-refractivity contribution in [2.24, 2.45) is 0 Å². The Morgan fingerprint density at radius 3 is 2.76 bits per heavy atom. The van der Waals surface area contributed by atoms with Crippen LogP contribution in [0.15, 0.2) is 30.9 Å². The smallest absolute Gasteiger partial charge is 0.338 e. The van der Waals surface area contributed by atoms with Gasteiger partial charge in [-0.25, -0.2) is 4.79 Å². The van der Waals surface area contributed by atoms with Gasteiger partial charge in [-0.3, -0.25) is 4.79 Å². The van der Waals surface area contributed by atoms with Crippen molar-refractivity contribution in [2.75, 3.05) is 6.54 Å². The summed E-state index contributed by atoms with van der Waals surface area (Å²) < 4.78 is 5.20. The second-order valence-electron chi connectivity index (χ2n) is 5.27. The van der Waals surface area contributed by atoms with Crippen LogP contribution in [0.2, 0.25) is 0 Å². The van der Waals surface area contributed by atoms with Gasteiger partial charge in [0.25, 0.3) is 5.91 Å². The van der Waals surface area contributed by atoms with E-state index in [1.165, 1.54) is 17.5 Å². The zero-order chi connectivity index (χ0) is 15.2. The Balaban J connectivity index is 1.99. The van der Waals surface area contributed by atoms with Crippen LogP contribution in [0.5, 0.6) is 0 Å². The minimum absolute atomic E-state index is 0.318. The summed E-state index contributed by atoms with van der Waals surface area (Å²) in [6.07, 6.45) is 5.21. The maximum atomic E-state index is 12.1. The van der Waals surface area contributed by atoms with Crippen molar-refractivity contribution in [3.63, 3.8) is 0 Å². The summed E-state index contributed by atoms with van der Waals surface area (Å²) in [5.74, 6) is -0.772. The van der Waals surface area contributed by atoms with Gasteiger partial charge >= 0.3 is 5.97 Å². The lowest BCUT2D eigenvalue weighted by Gasteiger charge is -2.17. The van der Waals surface area contributed by atoms with Crippen LogP contribution in [0.3, 0.4) is 0 Å². The fourth-order valence-corrected chi connectivity index (χ4v) is 2.46. The average Bonchev–Trinajstić information content (AvgIpc) is 2.51. The van der Waals surface area contributed by atoms with Gasteiger partial charge in [0.1, 0.15) is 0 Å². The lowest BCUT2D eigenvalue weighted by Crippen LogP contribution is -2.35. The lowest BCUT2D eigenvalue weighted by molar-refractivity contribution is -0.128. The second kappa shape index (κ2) is 7.07. The van der Waals surface area contributed by atoms with E-state index in [1.54, 1.807) is 19.1 Å². The molecule has 0 heterocycles. The predicted molar refractivity (Wildman–Crippen MR) is 81.2 cm³/mol. The van der Waals surface area contributed by atoms with Crippen LogP contribution in [-0.4, -0.2) is 24.5 Å². The van der Waals surface area contributed by atoms with Gasteiger partial charge in [-0.2, -0.15) is 0 Å². The molecule has 0 radical (unpaired) electrons. The molecule has 1 aliphatic rings. The summed E-state index contributed by atoms with van der Waals surface area (Å²) in [6, 6.07) is 5.67. The Kier molecular flexibility index (Phi) is 5.14. The fourth-order valence-electron chi connectivity index (χ4n) is 2.46. The van der Waals surface area contributed by atoms with Gasteiger partial charge in [0, 0.05) is 6.54 Å². The maximum Gasteiger partial charge on any atom is 0.338 e. The molecule has 2 rings (SSSR count). The van der Waals surface area contributed by atoms with Crippen LogP contribution < -0.4 is 5.32 Å². The molecular formula is C17H21NO3. The highest BCUT2D eigenvalue weighted by atomic mass is 16.5. The first-order valence-electron chi connectivity index (χ1n) is 7.33. The predicted octanol–water partition coefficient (Wildman–Crippen LogP) is 2.41. The van der Waals surface area contributed by atoms with E-state index in [4.69, 9.17) is 4.74 Å². The quantitative estimate of drug-likeness (QED) is 0.668. The number of amides is 1. The Morgan fingerprint density at radius 1 is 1.33 bits per heavy atom. The van der Waals surface area contributed by atoms with E-state index in [-0.39, 0.29) is 5.91 Å². The van der Waals surface area contributed by atoms with E-state index in [2.05, 4.69) is 11.9 Å². The van der Waals surface area contributed by atoms with E-state index in [1.807, 2.05) is 12.1 Å². The molecular weight excluding hydrogens is 266 g/mol. The zero-order valence-electron chi connectivity index (χ0n) is 12.4. The molecule has 0 aliphatic heterocycles. The van der Waals surface area contributed by atoms with Crippen molar-refractivity contribution >= 4 is 11.9 Å². The number of esters is 1. The molecule has 0 spiro atoms. The highest BCUT2D eigenvalue weighted by Gasteiger charge is 2.19. The zero-order valence-corrected chi connectivity index (χ0v) is 12.4. The molecule has 1 N–H and O–H groups in total. The molecule has 0 unspecified atom stereocenters. The Labute approximate surface area is 125 Å². The molecule has 1 aromatic carbocycles. The van der Waals surface area contributed by atoms with Crippen molar-refractivity contribution in [3.8, 4) is 0 Å². The number of hydrogen-bond acceptors (Lipinski definition) is 3. The van der Waals surface area contributed by atoms with Crippen molar-refractivity contribution in [1.82, 2.24) is 5.32 Å². The largest absolute Gasteiger partial charge is 0.449 e. The minimum Gasteiger partial charge on any atom is -0.449 e. The molecule has 0 aromatic heterocycles. The van der Waals surface area contributed by atoms with Gasteiger partial charge in [-0.05, 0) is 55.9 Å². The van der Waals surface area contributed by atoms with Crippen LogP contribution in [0.1, 0.15) is 41.3 Å². The number of hydrogen-bond donors (Lipinski definition) is 1. The van der Waals surface area contributed by atoms with E-state index >= 15 is 0 Å². The summed E-state index contributed by atoms with van der Waals surface area (Å²) in [5.41, 5.74) is 3.05. The monoisotopic (exact) mass is 287 g/mol. The maximum absolute atomic E-state index is 12.1. The van der Waals surface area contributed by atoms with Crippen LogP contribution in [0, 0.1) is 0 Å². The molecule has 0 bridgehead atoms. The molecule has 1 amide bonds. The average molecular weight is 287 g/mol. The molecule has 21 heavy (non-hydrogen) atoms. The molecule has 4 heteroatoms. The van der Waals surface area contributed by atoms with Crippen LogP contribution in [-0.2, 0) is 22.4 Å². The third-order valence-corrected chi connectivity index (χ3v) is 3.66. The second-order valence-corrected chi connectivity index (χ2v) is 5.27. The topological polar surface area (TPSA) is 55.4 Å². The molecule has 1 atom stereocenters. The van der Waals surface area contributed by atoms with Crippen molar-refractivity contribution in [3.05, 3.63) is 47.5 Å². The molecule has 0 saturated carbocycles. The number of carbonyl (C=O) groups is 2. The first kappa shape index (κ1) is 15.3. The highest BCUT2D eigenvalue weighted by molar-refractivity contribution is 5.92. The summed E-state index contributed by atoms with van der Waals surface area (Å²) in [6.45, 7) is 5.44. The standard InChI is InChI=1S/C17H21NO3/c1-3-10-18-16(19)12(2)21-17(20)15-9-8-13-6-4-5-7-14(13)11-15/h3,8-9,11-12H,1,4-7,10H2,2H3,(H,18,19)/t12-/m1/s1. The number of ether oxygens (including phenoxy) is 1. The summed E-state index contributed by atoms with van der Waals surface area (Å²) in [5, 5.41) is 2.60. The van der Waals surface area contributed by atoms with Gasteiger partial charge in [0.15, 0.2) is 6.10 Å². The van der Waals surface area contributed by atoms with Gasteiger partial charge in [-0.15, -0.1) is 6.58 Å². The molecule has 1 aliphatic carbocycles. The summed E-state index contributed by atoms with van der Waals surface area (Å²) >= 11 is 0. The molecule has 1 aromatic rings. The van der Waals surface area contributed by atoms with Gasteiger partial charge in [0.05, 0.1) is 5.56 Å². The van der Waals surface area contributed by atoms with Crippen LogP contribution >= 0.6 is 0 Å². The molecule has 0 saturated heterocycles. The van der Waals surface area contributed by atoms with Gasteiger partial charge in [-0.1, -0.05) is 12.1 Å². The number of carbonyl (C=O) groups excluding carboxylic acids is 2. The molecule has 4 nitrogen and oxygen atoms in total. The van der Waals surface area contributed by atoms with E-state index in [9.17, 15) is 9.59 Å². The number of aryl methyl sites for hydroxylation is 2. The SMILES string of the molecule is C=CCNC(=O)[C@@H](C)OC(=O)c1ccc2c(c1)CCCC2.